The summed E-state index contributed by atoms with van der Waals surface area (Å²) >= 11 is 6.08. The summed E-state index contributed by atoms with van der Waals surface area (Å²) in [6.07, 6.45) is 2.78. The fraction of sp³-hybridized carbons (Fsp3) is 0.409. The average Bonchev–Trinajstić information content (AvgIpc) is 2.75. The van der Waals surface area contributed by atoms with E-state index >= 15 is 0 Å². The molecule has 8 heteroatoms. The van der Waals surface area contributed by atoms with E-state index in [-0.39, 0.29) is 17.4 Å². The first-order chi connectivity index (χ1) is 14.3. The lowest BCUT2D eigenvalue weighted by molar-refractivity contribution is 0.0773. The number of carbonyl (C=O) groups is 1. The maximum absolute atomic E-state index is 13.0. The van der Waals surface area contributed by atoms with E-state index in [1.54, 1.807) is 38.2 Å². The summed E-state index contributed by atoms with van der Waals surface area (Å²) in [5.41, 5.74) is 1.12. The largest absolute Gasteiger partial charge is 0.490 e. The summed E-state index contributed by atoms with van der Waals surface area (Å²) in [7, 11) is -1.92. The number of nitrogens with zero attached hydrogens (tertiary/aromatic N) is 2. The molecule has 30 heavy (non-hydrogen) atoms. The van der Waals surface area contributed by atoms with Crippen molar-refractivity contribution in [1.82, 2.24) is 9.21 Å². The van der Waals surface area contributed by atoms with Gasteiger partial charge >= 0.3 is 0 Å². The molecule has 0 aromatic heterocycles. The molecule has 0 saturated carbocycles. The Labute approximate surface area is 183 Å². The Morgan fingerprint density at radius 2 is 1.83 bits per heavy atom. The summed E-state index contributed by atoms with van der Waals surface area (Å²) in [6.45, 7) is 3.47. The predicted octanol–water partition coefficient (Wildman–Crippen LogP) is 3.97. The molecule has 1 saturated heterocycles. The monoisotopic (exact) mass is 450 g/mol. The molecule has 1 fully saturated rings. The van der Waals surface area contributed by atoms with Crippen LogP contribution in [-0.4, -0.2) is 56.8 Å². The van der Waals surface area contributed by atoms with Crippen LogP contribution in [-0.2, 0) is 10.0 Å². The van der Waals surface area contributed by atoms with Gasteiger partial charge in [-0.15, -0.1) is 0 Å². The Morgan fingerprint density at radius 3 is 2.53 bits per heavy atom. The third-order valence-corrected chi connectivity index (χ3v) is 7.47. The molecule has 0 aliphatic carbocycles. The Balaban J connectivity index is 1.70. The molecular weight excluding hydrogens is 424 g/mol. The summed E-state index contributed by atoms with van der Waals surface area (Å²) in [4.78, 5) is 14.7. The van der Waals surface area contributed by atoms with Crippen LogP contribution in [0.25, 0.3) is 0 Å². The smallest absolute Gasteiger partial charge is 0.254 e. The van der Waals surface area contributed by atoms with Crippen LogP contribution in [0.3, 0.4) is 0 Å². The average molecular weight is 451 g/mol. The molecule has 1 aliphatic heterocycles. The highest BCUT2D eigenvalue weighted by molar-refractivity contribution is 7.89. The Kier molecular flexibility index (Phi) is 7.39. The van der Waals surface area contributed by atoms with Crippen LogP contribution in [0.5, 0.6) is 5.75 Å². The minimum atomic E-state index is -3.60. The molecule has 0 radical (unpaired) electrons. The van der Waals surface area contributed by atoms with Crippen molar-refractivity contribution in [3.8, 4) is 5.75 Å². The molecule has 0 spiro atoms. The molecule has 1 amide bonds. The van der Waals surface area contributed by atoms with Crippen molar-refractivity contribution in [3.05, 3.63) is 58.6 Å². The highest BCUT2D eigenvalue weighted by atomic mass is 35.5. The fourth-order valence-corrected chi connectivity index (χ4v) is 5.14. The maximum atomic E-state index is 13.0. The van der Waals surface area contributed by atoms with Gasteiger partial charge < -0.3 is 9.64 Å². The first kappa shape index (κ1) is 22.6. The third kappa shape index (κ3) is 5.14. The van der Waals surface area contributed by atoms with E-state index in [4.69, 9.17) is 16.3 Å². The van der Waals surface area contributed by atoms with E-state index in [1.165, 1.54) is 15.3 Å². The number of ether oxygens (including phenoxy) is 1. The Hall–Kier alpha value is -2.09. The van der Waals surface area contributed by atoms with Crippen molar-refractivity contribution in [2.45, 2.75) is 31.1 Å². The van der Waals surface area contributed by atoms with Gasteiger partial charge in [-0.1, -0.05) is 36.2 Å². The minimum Gasteiger partial charge on any atom is -0.490 e. The zero-order valence-electron chi connectivity index (χ0n) is 17.3. The molecule has 6 nitrogen and oxygen atoms in total. The van der Waals surface area contributed by atoms with Gasteiger partial charge in [0.15, 0.2) is 0 Å². The highest BCUT2D eigenvalue weighted by Gasteiger charge is 2.27. The van der Waals surface area contributed by atoms with Crippen molar-refractivity contribution in [3.63, 3.8) is 0 Å². The number of hydrogen-bond donors (Lipinski definition) is 0. The van der Waals surface area contributed by atoms with Crippen LogP contribution in [0.2, 0.25) is 5.02 Å². The molecule has 0 atom stereocenters. The number of sulfonamides is 1. The van der Waals surface area contributed by atoms with Gasteiger partial charge in [-0.2, -0.15) is 4.31 Å². The second-order valence-electron chi connectivity index (χ2n) is 7.45. The number of piperidine rings is 1. The molecule has 0 bridgehead atoms. The number of aryl methyl sites for hydroxylation is 1. The lowest BCUT2D eigenvalue weighted by Crippen LogP contribution is -2.36. The van der Waals surface area contributed by atoms with Crippen molar-refractivity contribution >= 4 is 27.5 Å². The first-order valence-corrected chi connectivity index (χ1v) is 11.9. The number of para-hydroxylation sites is 1. The first-order valence-electron chi connectivity index (χ1n) is 10.0. The van der Waals surface area contributed by atoms with Gasteiger partial charge in [0.25, 0.3) is 5.91 Å². The second-order valence-corrected chi connectivity index (χ2v) is 9.79. The number of likely N-dealkylation sites (N-methyl/N-ethyl adjacent to an activating group) is 1. The maximum Gasteiger partial charge on any atom is 0.254 e. The van der Waals surface area contributed by atoms with E-state index in [0.717, 1.165) is 24.8 Å². The number of rotatable bonds is 7. The van der Waals surface area contributed by atoms with Crippen molar-refractivity contribution in [1.29, 1.82) is 0 Å². The standard InChI is InChI=1S/C22H27ClN2O4S/c1-17-10-11-18(30(27,28)25-12-6-3-7-13-25)16-19(17)22(26)24(2)14-15-29-21-9-5-4-8-20(21)23/h4-5,8-11,16H,3,6-7,12-15H2,1-2H3. The highest BCUT2D eigenvalue weighted by Crippen LogP contribution is 2.24. The van der Waals surface area contributed by atoms with Gasteiger partial charge in [-0.3, -0.25) is 4.79 Å². The third-order valence-electron chi connectivity index (χ3n) is 5.26. The van der Waals surface area contributed by atoms with E-state index in [0.29, 0.717) is 36.0 Å². The lowest BCUT2D eigenvalue weighted by Gasteiger charge is -2.26. The van der Waals surface area contributed by atoms with Gasteiger partial charge in [0, 0.05) is 25.7 Å². The summed E-state index contributed by atoms with van der Waals surface area (Å²) < 4.78 is 33.1. The molecule has 3 rings (SSSR count). The molecule has 2 aromatic rings. The Bertz CT molecular complexity index is 1000. The molecule has 162 valence electrons. The number of carbonyl (C=O) groups excluding carboxylic acids is 1. The molecule has 0 N–H and O–H groups in total. The summed E-state index contributed by atoms with van der Waals surface area (Å²) in [5.74, 6) is 0.316. The number of hydrogen-bond acceptors (Lipinski definition) is 4. The van der Waals surface area contributed by atoms with Gasteiger partial charge in [-0.05, 0) is 49.6 Å². The van der Waals surface area contributed by atoms with Crippen LogP contribution < -0.4 is 4.74 Å². The Morgan fingerprint density at radius 1 is 1.13 bits per heavy atom. The van der Waals surface area contributed by atoms with Gasteiger partial charge in [0.05, 0.1) is 16.5 Å². The normalized spacial score (nSPS) is 15.0. The van der Waals surface area contributed by atoms with E-state index in [9.17, 15) is 13.2 Å². The van der Waals surface area contributed by atoms with Crippen LogP contribution >= 0.6 is 11.6 Å². The fourth-order valence-electron chi connectivity index (χ4n) is 3.41. The number of amides is 1. The topological polar surface area (TPSA) is 66.9 Å². The van der Waals surface area contributed by atoms with Gasteiger partial charge in [0.1, 0.15) is 12.4 Å². The minimum absolute atomic E-state index is 0.166. The summed E-state index contributed by atoms with van der Waals surface area (Å²) in [5, 5.41) is 0.512. The van der Waals surface area contributed by atoms with Crippen LogP contribution in [0.4, 0.5) is 0 Å². The second kappa shape index (κ2) is 9.81. The van der Waals surface area contributed by atoms with Crippen LogP contribution in [0, 0.1) is 6.92 Å². The molecule has 1 aliphatic rings. The van der Waals surface area contributed by atoms with E-state index < -0.39 is 10.0 Å². The molecule has 1 heterocycles. The van der Waals surface area contributed by atoms with E-state index in [1.807, 2.05) is 12.1 Å². The lowest BCUT2D eigenvalue weighted by atomic mass is 10.1. The number of halogens is 1. The number of benzene rings is 2. The zero-order chi connectivity index (χ0) is 21.7. The zero-order valence-corrected chi connectivity index (χ0v) is 18.9. The summed E-state index contributed by atoms with van der Waals surface area (Å²) in [6, 6.07) is 11.9. The molecular formula is C22H27ClN2O4S. The van der Waals surface area contributed by atoms with Crippen molar-refractivity contribution in [2.75, 3.05) is 33.3 Å². The predicted molar refractivity (Wildman–Crippen MR) is 118 cm³/mol. The van der Waals surface area contributed by atoms with Gasteiger partial charge in [0.2, 0.25) is 10.0 Å². The molecule has 2 aromatic carbocycles. The quantitative estimate of drug-likeness (QED) is 0.640. The van der Waals surface area contributed by atoms with Gasteiger partial charge in [-0.25, -0.2) is 8.42 Å². The molecule has 0 unspecified atom stereocenters. The van der Waals surface area contributed by atoms with Crippen LogP contribution in [0.1, 0.15) is 35.2 Å². The van der Waals surface area contributed by atoms with E-state index in [2.05, 4.69) is 0 Å². The van der Waals surface area contributed by atoms with Crippen molar-refractivity contribution in [2.24, 2.45) is 0 Å². The van der Waals surface area contributed by atoms with Crippen LogP contribution in [0.15, 0.2) is 47.4 Å². The SMILES string of the molecule is Cc1ccc(S(=O)(=O)N2CCCCC2)cc1C(=O)N(C)CCOc1ccccc1Cl. The van der Waals surface area contributed by atoms with Crippen molar-refractivity contribution < 1.29 is 17.9 Å².